The Labute approximate surface area is 205 Å². The van der Waals surface area contributed by atoms with E-state index in [-0.39, 0.29) is 11.3 Å². The second-order valence-electron chi connectivity index (χ2n) is 7.58. The number of nitriles is 2. The number of aliphatic hydroxyl groups excluding tert-OH is 1. The number of anilines is 3. The van der Waals surface area contributed by atoms with E-state index in [0.29, 0.717) is 32.5 Å². The van der Waals surface area contributed by atoms with E-state index in [1.165, 1.54) is 29.3 Å². The standard InChI is InChI=1S/C22H22N8O2S2/c1-14(10-23)20(31)17-4-3-15(32-17)13-33-22-27-18(26-21-25-12-16(11-24)34-21)9-19(28-22)30-7-5-29(2)6-8-30/h3-4,9,12,20,31H,1,5-8,13H2,2H3,(H,25,26,27,28). The van der Waals surface area contributed by atoms with Crippen LogP contribution < -0.4 is 10.2 Å². The number of nitrogens with one attached hydrogen (secondary N) is 1. The summed E-state index contributed by atoms with van der Waals surface area (Å²) in [6.45, 7) is 7.13. The number of thioether (sulfide) groups is 1. The maximum absolute atomic E-state index is 10.1. The summed E-state index contributed by atoms with van der Waals surface area (Å²) in [5.74, 6) is 2.73. The topological polar surface area (TPSA) is 138 Å². The molecule has 0 radical (unpaired) electrons. The van der Waals surface area contributed by atoms with E-state index in [0.717, 1.165) is 32.0 Å². The van der Waals surface area contributed by atoms with E-state index in [2.05, 4.69) is 44.8 Å². The molecule has 1 unspecified atom stereocenters. The average Bonchev–Trinajstić information content (AvgIpc) is 3.51. The van der Waals surface area contributed by atoms with Gasteiger partial charge in [-0.2, -0.15) is 10.5 Å². The number of piperazine rings is 1. The summed E-state index contributed by atoms with van der Waals surface area (Å²) in [4.78, 5) is 18.6. The van der Waals surface area contributed by atoms with Gasteiger partial charge in [0.15, 0.2) is 10.3 Å². The lowest BCUT2D eigenvalue weighted by Gasteiger charge is -2.33. The van der Waals surface area contributed by atoms with Crippen LogP contribution in [0.3, 0.4) is 0 Å². The second-order valence-corrected chi connectivity index (χ2v) is 9.56. The largest absolute Gasteiger partial charge is 0.462 e. The Bertz CT molecular complexity index is 1250. The molecule has 0 amide bonds. The molecule has 1 atom stereocenters. The Morgan fingerprint density at radius 2 is 2.12 bits per heavy atom. The molecule has 1 saturated heterocycles. The second kappa shape index (κ2) is 10.7. The third-order valence-electron chi connectivity index (χ3n) is 5.14. The van der Waals surface area contributed by atoms with Crippen molar-refractivity contribution in [1.29, 1.82) is 10.5 Å². The monoisotopic (exact) mass is 494 g/mol. The minimum atomic E-state index is -1.16. The van der Waals surface area contributed by atoms with Gasteiger partial charge in [0.25, 0.3) is 0 Å². The van der Waals surface area contributed by atoms with Gasteiger partial charge in [-0.05, 0) is 19.2 Å². The molecule has 0 bridgehead atoms. The predicted molar refractivity (Wildman–Crippen MR) is 130 cm³/mol. The molecule has 4 rings (SSSR count). The zero-order chi connectivity index (χ0) is 24.1. The van der Waals surface area contributed by atoms with Crippen LogP contribution in [0.5, 0.6) is 0 Å². The molecule has 4 heterocycles. The fourth-order valence-electron chi connectivity index (χ4n) is 3.22. The van der Waals surface area contributed by atoms with Crippen LogP contribution in [-0.4, -0.2) is 58.2 Å². The SMILES string of the molecule is C=C(C#N)C(O)c1ccc(CSc2nc(Nc3ncc(C#N)s3)cc(N3CCN(C)CC3)n2)o1. The Kier molecular flexibility index (Phi) is 7.45. The highest BCUT2D eigenvalue weighted by molar-refractivity contribution is 7.98. The van der Waals surface area contributed by atoms with Gasteiger partial charge in [-0.1, -0.05) is 29.7 Å². The predicted octanol–water partition coefficient (Wildman–Crippen LogP) is 3.30. The minimum Gasteiger partial charge on any atom is -0.462 e. The first-order valence-corrected chi connectivity index (χ1v) is 12.2. The van der Waals surface area contributed by atoms with Crippen molar-refractivity contribution in [2.45, 2.75) is 17.0 Å². The molecule has 1 fully saturated rings. The Morgan fingerprint density at radius 3 is 2.82 bits per heavy atom. The van der Waals surface area contributed by atoms with Gasteiger partial charge in [-0.25, -0.2) is 15.0 Å². The summed E-state index contributed by atoms with van der Waals surface area (Å²) in [5, 5.41) is 32.4. The highest BCUT2D eigenvalue weighted by Crippen LogP contribution is 2.29. The summed E-state index contributed by atoms with van der Waals surface area (Å²) in [6.07, 6.45) is 0.364. The van der Waals surface area contributed by atoms with E-state index in [9.17, 15) is 5.11 Å². The number of rotatable bonds is 8. The number of nitrogens with zero attached hydrogens (tertiary/aromatic N) is 7. The zero-order valence-electron chi connectivity index (χ0n) is 18.4. The lowest BCUT2D eigenvalue weighted by Crippen LogP contribution is -2.44. The lowest BCUT2D eigenvalue weighted by molar-refractivity contribution is 0.188. The molecule has 3 aromatic rings. The molecule has 0 aliphatic carbocycles. The number of hydrogen-bond acceptors (Lipinski definition) is 12. The summed E-state index contributed by atoms with van der Waals surface area (Å²) in [6, 6.07) is 9.19. The van der Waals surface area contributed by atoms with Crippen molar-refractivity contribution >= 4 is 39.9 Å². The van der Waals surface area contributed by atoms with Crippen molar-refractivity contribution in [3.63, 3.8) is 0 Å². The van der Waals surface area contributed by atoms with Crippen LogP contribution in [0.15, 0.2) is 46.1 Å². The van der Waals surface area contributed by atoms with Crippen LogP contribution in [-0.2, 0) is 5.75 Å². The maximum Gasteiger partial charge on any atom is 0.191 e. The fourth-order valence-corrected chi connectivity index (χ4v) is 4.59. The molecule has 10 nitrogen and oxygen atoms in total. The molecule has 1 aliphatic rings. The molecule has 1 aliphatic heterocycles. The van der Waals surface area contributed by atoms with Gasteiger partial charge in [0.2, 0.25) is 0 Å². The van der Waals surface area contributed by atoms with Gasteiger partial charge < -0.3 is 24.6 Å². The first-order valence-electron chi connectivity index (χ1n) is 10.4. The molecule has 0 saturated carbocycles. The fraction of sp³-hybridized carbons (Fsp3) is 0.318. The van der Waals surface area contributed by atoms with E-state index in [4.69, 9.17) is 19.9 Å². The number of aromatic nitrogens is 3. The summed E-state index contributed by atoms with van der Waals surface area (Å²) in [5.41, 5.74) is 0.0224. The van der Waals surface area contributed by atoms with Gasteiger partial charge in [0, 0.05) is 32.2 Å². The molecule has 0 aromatic carbocycles. The molecule has 12 heteroatoms. The van der Waals surface area contributed by atoms with E-state index < -0.39 is 6.10 Å². The molecule has 2 N–H and O–H groups in total. The Morgan fingerprint density at radius 1 is 1.32 bits per heavy atom. The normalized spacial score (nSPS) is 14.9. The first-order chi connectivity index (χ1) is 16.4. The summed E-state index contributed by atoms with van der Waals surface area (Å²) in [7, 11) is 2.10. The molecular weight excluding hydrogens is 472 g/mol. The van der Waals surface area contributed by atoms with Gasteiger partial charge in [-0.3, -0.25) is 0 Å². The van der Waals surface area contributed by atoms with Crippen molar-refractivity contribution in [1.82, 2.24) is 19.9 Å². The number of aliphatic hydroxyl groups is 1. The average molecular weight is 495 g/mol. The van der Waals surface area contributed by atoms with Crippen molar-refractivity contribution < 1.29 is 9.52 Å². The highest BCUT2D eigenvalue weighted by atomic mass is 32.2. The molecule has 34 heavy (non-hydrogen) atoms. The molecule has 174 valence electrons. The number of likely N-dealkylation sites (N-methyl/N-ethyl adjacent to an activating group) is 1. The third-order valence-corrected chi connectivity index (χ3v) is 6.83. The van der Waals surface area contributed by atoms with Gasteiger partial charge in [0.1, 0.15) is 40.2 Å². The van der Waals surface area contributed by atoms with Crippen molar-refractivity contribution in [3.8, 4) is 12.1 Å². The number of thiazole rings is 1. The van der Waals surface area contributed by atoms with Crippen LogP contribution >= 0.6 is 23.1 Å². The van der Waals surface area contributed by atoms with Crippen LogP contribution in [0, 0.1) is 22.7 Å². The smallest absolute Gasteiger partial charge is 0.191 e. The Balaban J connectivity index is 1.53. The molecule has 3 aromatic heterocycles. The van der Waals surface area contributed by atoms with E-state index in [1.54, 1.807) is 12.1 Å². The number of furan rings is 1. The van der Waals surface area contributed by atoms with Gasteiger partial charge in [0.05, 0.1) is 23.6 Å². The third kappa shape index (κ3) is 5.73. The lowest BCUT2D eigenvalue weighted by atomic mass is 10.1. The zero-order valence-corrected chi connectivity index (χ0v) is 20.1. The highest BCUT2D eigenvalue weighted by Gasteiger charge is 2.19. The van der Waals surface area contributed by atoms with Crippen LogP contribution in [0.1, 0.15) is 22.5 Å². The Hall–Kier alpha value is -3.42. The van der Waals surface area contributed by atoms with E-state index >= 15 is 0 Å². The quantitative estimate of drug-likeness (QED) is 0.271. The van der Waals surface area contributed by atoms with Crippen LogP contribution in [0.25, 0.3) is 0 Å². The minimum absolute atomic E-state index is 0.0224. The van der Waals surface area contributed by atoms with Crippen molar-refractivity contribution in [2.75, 3.05) is 43.4 Å². The van der Waals surface area contributed by atoms with Crippen molar-refractivity contribution in [2.24, 2.45) is 0 Å². The van der Waals surface area contributed by atoms with Gasteiger partial charge >= 0.3 is 0 Å². The van der Waals surface area contributed by atoms with Crippen molar-refractivity contribution in [3.05, 3.63) is 52.9 Å². The van der Waals surface area contributed by atoms with Gasteiger partial charge in [-0.15, -0.1) is 0 Å². The molecule has 0 spiro atoms. The van der Waals surface area contributed by atoms with E-state index in [1.807, 2.05) is 12.1 Å². The summed E-state index contributed by atoms with van der Waals surface area (Å²) >= 11 is 2.65. The maximum atomic E-state index is 10.1. The number of hydrogen-bond donors (Lipinski definition) is 2. The van der Waals surface area contributed by atoms with Crippen LogP contribution in [0.4, 0.5) is 16.8 Å². The molecular formula is C22H22N8O2S2. The first kappa shape index (κ1) is 23.7. The van der Waals surface area contributed by atoms with Crippen LogP contribution in [0.2, 0.25) is 0 Å². The summed E-state index contributed by atoms with van der Waals surface area (Å²) < 4.78 is 5.68.